The van der Waals surface area contributed by atoms with Gasteiger partial charge in [-0.15, -0.1) is 0 Å². The number of carbonyl (C=O) groups excluding carboxylic acids is 1. The number of anilines is 1. The third kappa shape index (κ3) is 4.57. The first-order valence-corrected chi connectivity index (χ1v) is 6.26. The molecule has 1 aromatic carbocycles. The van der Waals surface area contributed by atoms with E-state index >= 15 is 0 Å². The highest BCUT2D eigenvalue weighted by Crippen LogP contribution is 2.15. The van der Waals surface area contributed by atoms with Crippen LogP contribution in [0, 0.1) is 0 Å². The number of aliphatic hydroxyl groups excluding tert-OH is 1. The van der Waals surface area contributed by atoms with E-state index in [1.165, 1.54) is 0 Å². The minimum atomic E-state index is 0.115. The van der Waals surface area contributed by atoms with Gasteiger partial charge < -0.3 is 10.0 Å². The van der Waals surface area contributed by atoms with Gasteiger partial charge in [0, 0.05) is 25.3 Å². The number of unbranched alkanes of at least 4 members (excludes halogenated alkanes) is 1. The number of hydrogen-bond donors (Lipinski definition) is 1. The van der Waals surface area contributed by atoms with Crippen LogP contribution in [0.3, 0.4) is 0 Å². The SMILES string of the molecule is CCCCC(=O)N(CCCO)c1ccccc1. The highest BCUT2D eigenvalue weighted by atomic mass is 16.3. The molecule has 0 heterocycles. The van der Waals surface area contributed by atoms with Gasteiger partial charge in [-0.05, 0) is 25.0 Å². The maximum atomic E-state index is 12.1. The molecule has 0 radical (unpaired) electrons. The molecule has 0 spiro atoms. The van der Waals surface area contributed by atoms with Gasteiger partial charge in [0.05, 0.1) is 0 Å². The van der Waals surface area contributed by atoms with Gasteiger partial charge in [0.15, 0.2) is 0 Å². The molecule has 1 N–H and O–H groups in total. The van der Waals surface area contributed by atoms with Crippen LogP contribution in [0.5, 0.6) is 0 Å². The Bertz CT molecular complexity index is 324. The Kier molecular flexibility index (Phi) is 6.33. The number of rotatable bonds is 7. The van der Waals surface area contributed by atoms with Crippen LogP contribution in [0.1, 0.15) is 32.6 Å². The van der Waals surface area contributed by atoms with Crippen LogP contribution in [0.25, 0.3) is 0 Å². The zero-order valence-electron chi connectivity index (χ0n) is 10.4. The highest BCUT2D eigenvalue weighted by molar-refractivity contribution is 5.93. The number of para-hydroxylation sites is 1. The molecule has 0 unspecified atom stereocenters. The fourth-order valence-electron chi connectivity index (χ4n) is 1.70. The van der Waals surface area contributed by atoms with Gasteiger partial charge in [-0.1, -0.05) is 31.5 Å². The highest BCUT2D eigenvalue weighted by Gasteiger charge is 2.13. The van der Waals surface area contributed by atoms with Gasteiger partial charge in [-0.25, -0.2) is 0 Å². The maximum absolute atomic E-state index is 12.1. The third-order valence-corrected chi connectivity index (χ3v) is 2.65. The molecule has 0 saturated carbocycles. The smallest absolute Gasteiger partial charge is 0.226 e. The van der Waals surface area contributed by atoms with Gasteiger partial charge in [-0.3, -0.25) is 4.79 Å². The standard InChI is InChI=1S/C14H21NO2/c1-2-3-10-14(17)15(11-7-12-16)13-8-5-4-6-9-13/h4-6,8-9,16H,2-3,7,10-12H2,1H3. The van der Waals surface area contributed by atoms with Crippen molar-refractivity contribution in [2.75, 3.05) is 18.1 Å². The molecule has 0 saturated heterocycles. The van der Waals surface area contributed by atoms with Crippen molar-refractivity contribution in [3.63, 3.8) is 0 Å². The topological polar surface area (TPSA) is 40.5 Å². The van der Waals surface area contributed by atoms with Crippen LogP contribution < -0.4 is 4.90 Å². The third-order valence-electron chi connectivity index (χ3n) is 2.65. The lowest BCUT2D eigenvalue weighted by Gasteiger charge is -2.22. The zero-order valence-corrected chi connectivity index (χ0v) is 10.4. The molecule has 1 amide bonds. The fraction of sp³-hybridized carbons (Fsp3) is 0.500. The van der Waals surface area contributed by atoms with Gasteiger partial charge >= 0.3 is 0 Å². The second-order valence-corrected chi connectivity index (χ2v) is 4.06. The predicted octanol–water partition coefficient (Wildman–Crippen LogP) is 2.59. The van der Waals surface area contributed by atoms with E-state index in [-0.39, 0.29) is 12.5 Å². The van der Waals surface area contributed by atoms with E-state index in [0.29, 0.717) is 19.4 Å². The molecule has 0 aliphatic heterocycles. The average molecular weight is 235 g/mol. The maximum Gasteiger partial charge on any atom is 0.226 e. The van der Waals surface area contributed by atoms with Crippen molar-refractivity contribution in [3.05, 3.63) is 30.3 Å². The molecule has 0 aromatic heterocycles. The predicted molar refractivity (Wildman–Crippen MR) is 70.0 cm³/mol. The number of benzene rings is 1. The molecule has 0 atom stereocenters. The molecule has 3 heteroatoms. The number of aliphatic hydroxyl groups is 1. The lowest BCUT2D eigenvalue weighted by atomic mass is 10.2. The fourth-order valence-corrected chi connectivity index (χ4v) is 1.70. The number of nitrogens with zero attached hydrogens (tertiary/aromatic N) is 1. The molecule has 0 aliphatic carbocycles. The lowest BCUT2D eigenvalue weighted by molar-refractivity contribution is -0.118. The summed E-state index contributed by atoms with van der Waals surface area (Å²) >= 11 is 0. The summed E-state index contributed by atoms with van der Waals surface area (Å²) in [6.07, 6.45) is 3.14. The van der Waals surface area contributed by atoms with Gasteiger partial charge in [-0.2, -0.15) is 0 Å². The van der Waals surface area contributed by atoms with Crippen LogP contribution in [0.15, 0.2) is 30.3 Å². The molecular weight excluding hydrogens is 214 g/mol. The molecule has 3 nitrogen and oxygen atoms in total. The summed E-state index contributed by atoms with van der Waals surface area (Å²) in [6.45, 7) is 2.78. The molecule has 17 heavy (non-hydrogen) atoms. The van der Waals surface area contributed by atoms with E-state index in [0.717, 1.165) is 18.5 Å². The zero-order chi connectivity index (χ0) is 12.5. The minimum absolute atomic E-state index is 0.115. The van der Waals surface area contributed by atoms with Crippen molar-refractivity contribution >= 4 is 11.6 Å². The molecular formula is C14H21NO2. The summed E-state index contributed by atoms with van der Waals surface area (Å²) in [5.74, 6) is 0.145. The van der Waals surface area contributed by atoms with Crippen molar-refractivity contribution in [1.29, 1.82) is 0 Å². The van der Waals surface area contributed by atoms with Crippen LogP contribution >= 0.6 is 0 Å². The minimum Gasteiger partial charge on any atom is -0.396 e. The van der Waals surface area contributed by atoms with E-state index in [1.54, 1.807) is 4.90 Å². The number of hydrogen-bond acceptors (Lipinski definition) is 2. The van der Waals surface area contributed by atoms with Gasteiger partial charge in [0.2, 0.25) is 5.91 Å². The number of amides is 1. The Balaban J connectivity index is 2.69. The molecule has 1 aromatic rings. The first-order chi connectivity index (χ1) is 8.29. The van der Waals surface area contributed by atoms with Crippen LogP contribution in [-0.2, 0) is 4.79 Å². The van der Waals surface area contributed by atoms with Crippen molar-refractivity contribution < 1.29 is 9.90 Å². The first-order valence-electron chi connectivity index (χ1n) is 6.26. The Labute approximate surface area is 103 Å². The van der Waals surface area contributed by atoms with Gasteiger partial charge in [0.1, 0.15) is 0 Å². The van der Waals surface area contributed by atoms with E-state index in [4.69, 9.17) is 5.11 Å². The van der Waals surface area contributed by atoms with Crippen molar-refractivity contribution in [2.45, 2.75) is 32.6 Å². The lowest BCUT2D eigenvalue weighted by Crippen LogP contribution is -2.32. The van der Waals surface area contributed by atoms with Crippen molar-refractivity contribution in [1.82, 2.24) is 0 Å². The second-order valence-electron chi connectivity index (χ2n) is 4.06. The Hall–Kier alpha value is -1.35. The Morgan fingerprint density at radius 1 is 1.24 bits per heavy atom. The van der Waals surface area contributed by atoms with E-state index in [2.05, 4.69) is 6.92 Å². The normalized spacial score (nSPS) is 10.2. The van der Waals surface area contributed by atoms with E-state index in [1.807, 2.05) is 30.3 Å². The summed E-state index contributed by atoms with van der Waals surface area (Å²) in [5, 5.41) is 8.88. The second kappa shape index (κ2) is 7.85. The molecule has 0 aliphatic rings. The monoisotopic (exact) mass is 235 g/mol. The van der Waals surface area contributed by atoms with Crippen molar-refractivity contribution in [3.8, 4) is 0 Å². The quantitative estimate of drug-likeness (QED) is 0.789. The average Bonchev–Trinajstić information content (AvgIpc) is 2.38. The van der Waals surface area contributed by atoms with Crippen LogP contribution in [0.4, 0.5) is 5.69 Å². The molecule has 0 fully saturated rings. The Morgan fingerprint density at radius 3 is 2.53 bits per heavy atom. The van der Waals surface area contributed by atoms with Crippen molar-refractivity contribution in [2.24, 2.45) is 0 Å². The molecule has 0 bridgehead atoms. The summed E-state index contributed by atoms with van der Waals surface area (Å²) in [4.78, 5) is 13.8. The van der Waals surface area contributed by atoms with E-state index in [9.17, 15) is 4.79 Å². The largest absolute Gasteiger partial charge is 0.396 e. The molecule has 1 rings (SSSR count). The van der Waals surface area contributed by atoms with E-state index < -0.39 is 0 Å². The van der Waals surface area contributed by atoms with Crippen LogP contribution in [0.2, 0.25) is 0 Å². The Morgan fingerprint density at radius 2 is 1.94 bits per heavy atom. The summed E-state index contributed by atoms with van der Waals surface area (Å²) in [7, 11) is 0. The first kappa shape index (κ1) is 13.7. The summed E-state index contributed by atoms with van der Waals surface area (Å²) in [6, 6.07) is 9.65. The molecule has 94 valence electrons. The number of carbonyl (C=O) groups is 1. The summed E-state index contributed by atoms with van der Waals surface area (Å²) < 4.78 is 0. The van der Waals surface area contributed by atoms with Gasteiger partial charge in [0.25, 0.3) is 0 Å². The van der Waals surface area contributed by atoms with Crippen LogP contribution in [-0.4, -0.2) is 24.2 Å². The summed E-state index contributed by atoms with van der Waals surface area (Å²) in [5.41, 5.74) is 0.919.